The summed E-state index contributed by atoms with van der Waals surface area (Å²) in [5.41, 5.74) is 0. The summed E-state index contributed by atoms with van der Waals surface area (Å²) >= 11 is 1.62. The van der Waals surface area contributed by atoms with E-state index in [1.54, 1.807) is 18.8 Å². The summed E-state index contributed by atoms with van der Waals surface area (Å²) in [7, 11) is 1.64. The number of hydrogen-bond acceptors (Lipinski definition) is 3. The van der Waals surface area contributed by atoms with E-state index in [4.69, 9.17) is 5.11 Å². The van der Waals surface area contributed by atoms with E-state index in [2.05, 4.69) is 0 Å². The van der Waals surface area contributed by atoms with Gasteiger partial charge in [0.2, 0.25) is 5.91 Å². The van der Waals surface area contributed by atoms with Gasteiger partial charge in [0.25, 0.3) is 0 Å². The van der Waals surface area contributed by atoms with E-state index in [9.17, 15) is 9.59 Å². The fraction of sp³-hybridized carbons (Fsp3) is 0.778. The number of nitrogens with zero attached hydrogens (tertiary/aromatic N) is 1. The molecular weight excluding hydrogens is 202 g/mol. The van der Waals surface area contributed by atoms with Crippen molar-refractivity contribution in [3.05, 3.63) is 0 Å². The van der Waals surface area contributed by atoms with Gasteiger partial charge >= 0.3 is 5.97 Å². The number of amides is 1. The van der Waals surface area contributed by atoms with Gasteiger partial charge < -0.3 is 10.0 Å². The van der Waals surface area contributed by atoms with Gasteiger partial charge in [-0.25, -0.2) is 0 Å². The first-order valence-corrected chi connectivity index (χ1v) is 5.84. The summed E-state index contributed by atoms with van der Waals surface area (Å²) in [6.07, 6.45) is 1.95. The SMILES string of the molecule is CSCC(C)C(=O)N(C)CCC(=O)O. The monoisotopic (exact) mass is 219 g/mol. The number of carbonyl (C=O) groups is 2. The van der Waals surface area contributed by atoms with Crippen LogP contribution in [0.5, 0.6) is 0 Å². The molecular formula is C9H17NO3S. The lowest BCUT2D eigenvalue weighted by Crippen LogP contribution is -2.34. The molecule has 0 aromatic rings. The smallest absolute Gasteiger partial charge is 0.305 e. The molecule has 0 bridgehead atoms. The van der Waals surface area contributed by atoms with E-state index in [1.807, 2.05) is 13.2 Å². The van der Waals surface area contributed by atoms with Gasteiger partial charge in [-0.3, -0.25) is 9.59 Å². The average Bonchev–Trinajstić information content (AvgIpc) is 2.13. The van der Waals surface area contributed by atoms with Crippen LogP contribution in [0.2, 0.25) is 0 Å². The number of carboxylic acid groups (broad SMARTS) is 1. The first kappa shape index (κ1) is 13.3. The highest BCUT2D eigenvalue weighted by Crippen LogP contribution is 2.07. The Kier molecular flexibility index (Phi) is 6.36. The molecule has 0 aromatic heterocycles. The summed E-state index contributed by atoms with van der Waals surface area (Å²) in [4.78, 5) is 23.3. The van der Waals surface area contributed by atoms with E-state index >= 15 is 0 Å². The molecule has 0 aromatic carbocycles. The predicted octanol–water partition coefficient (Wildman–Crippen LogP) is 0.919. The van der Waals surface area contributed by atoms with Crippen molar-refractivity contribution in [2.45, 2.75) is 13.3 Å². The second-order valence-electron chi connectivity index (χ2n) is 3.26. The number of rotatable bonds is 6. The summed E-state index contributed by atoms with van der Waals surface area (Å²) in [5.74, 6) is -0.123. The standard InChI is InChI=1S/C9H17NO3S/c1-7(6-14-3)9(13)10(2)5-4-8(11)12/h7H,4-6H2,1-3H3,(H,11,12). The van der Waals surface area contributed by atoms with E-state index in [0.29, 0.717) is 0 Å². The molecule has 0 aliphatic carbocycles. The first-order chi connectivity index (χ1) is 6.49. The molecule has 1 amide bonds. The van der Waals surface area contributed by atoms with Crippen LogP contribution in [0.3, 0.4) is 0 Å². The van der Waals surface area contributed by atoms with Crippen molar-refractivity contribution in [1.29, 1.82) is 0 Å². The molecule has 4 nitrogen and oxygen atoms in total. The van der Waals surface area contributed by atoms with Crippen molar-refractivity contribution in [3.8, 4) is 0 Å². The highest BCUT2D eigenvalue weighted by molar-refractivity contribution is 7.98. The molecule has 1 N–H and O–H groups in total. The van der Waals surface area contributed by atoms with Crippen molar-refractivity contribution in [2.24, 2.45) is 5.92 Å². The zero-order valence-electron chi connectivity index (χ0n) is 8.82. The molecule has 5 heteroatoms. The molecule has 1 atom stereocenters. The lowest BCUT2D eigenvalue weighted by molar-refractivity contribution is -0.138. The van der Waals surface area contributed by atoms with E-state index in [1.165, 1.54) is 4.90 Å². The van der Waals surface area contributed by atoms with E-state index in [0.717, 1.165) is 5.75 Å². The zero-order valence-corrected chi connectivity index (χ0v) is 9.63. The Labute approximate surface area is 88.7 Å². The Balaban J connectivity index is 3.91. The van der Waals surface area contributed by atoms with Crippen LogP contribution in [0.25, 0.3) is 0 Å². The second kappa shape index (κ2) is 6.70. The second-order valence-corrected chi connectivity index (χ2v) is 4.17. The van der Waals surface area contributed by atoms with E-state index < -0.39 is 5.97 Å². The number of thioether (sulfide) groups is 1. The minimum absolute atomic E-state index is 0.00816. The largest absolute Gasteiger partial charge is 0.481 e. The molecule has 0 saturated heterocycles. The Morgan fingerprint density at radius 1 is 1.50 bits per heavy atom. The normalized spacial score (nSPS) is 12.2. The zero-order chi connectivity index (χ0) is 11.1. The van der Waals surface area contributed by atoms with Gasteiger partial charge in [-0.1, -0.05) is 6.92 Å². The van der Waals surface area contributed by atoms with Gasteiger partial charge in [-0.2, -0.15) is 11.8 Å². The lowest BCUT2D eigenvalue weighted by Gasteiger charge is -2.19. The van der Waals surface area contributed by atoms with Crippen LogP contribution in [0, 0.1) is 5.92 Å². The molecule has 0 saturated carbocycles. The number of carbonyl (C=O) groups excluding carboxylic acids is 1. The molecule has 82 valence electrons. The lowest BCUT2D eigenvalue weighted by atomic mass is 10.2. The Hall–Kier alpha value is -0.710. The van der Waals surface area contributed by atoms with Crippen LogP contribution in [0.15, 0.2) is 0 Å². The van der Waals surface area contributed by atoms with E-state index in [-0.39, 0.29) is 24.8 Å². The van der Waals surface area contributed by atoms with Crippen LogP contribution in [0.1, 0.15) is 13.3 Å². The predicted molar refractivity (Wildman–Crippen MR) is 57.4 cm³/mol. The quantitative estimate of drug-likeness (QED) is 0.721. The maximum Gasteiger partial charge on any atom is 0.305 e. The number of aliphatic carboxylic acids is 1. The van der Waals surface area contributed by atoms with Crippen LogP contribution in [0.4, 0.5) is 0 Å². The molecule has 0 fully saturated rings. The molecule has 14 heavy (non-hydrogen) atoms. The fourth-order valence-electron chi connectivity index (χ4n) is 1.07. The fourth-order valence-corrected chi connectivity index (χ4v) is 1.71. The van der Waals surface area contributed by atoms with Crippen molar-refractivity contribution < 1.29 is 14.7 Å². The molecule has 0 rings (SSSR count). The summed E-state index contributed by atoms with van der Waals surface area (Å²) < 4.78 is 0. The third-order valence-electron chi connectivity index (χ3n) is 1.88. The first-order valence-electron chi connectivity index (χ1n) is 4.44. The van der Waals surface area contributed by atoms with Crippen LogP contribution in [-0.4, -0.2) is 47.5 Å². The van der Waals surface area contributed by atoms with Crippen molar-refractivity contribution in [2.75, 3.05) is 25.6 Å². The minimum atomic E-state index is -0.873. The van der Waals surface area contributed by atoms with Gasteiger partial charge in [0.15, 0.2) is 0 Å². The number of carboxylic acids is 1. The minimum Gasteiger partial charge on any atom is -0.481 e. The van der Waals surface area contributed by atoms with Gasteiger partial charge in [0.05, 0.1) is 6.42 Å². The summed E-state index contributed by atoms with van der Waals surface area (Å²) in [6, 6.07) is 0. The maximum absolute atomic E-state index is 11.6. The summed E-state index contributed by atoms with van der Waals surface area (Å²) in [6.45, 7) is 2.14. The highest BCUT2D eigenvalue weighted by atomic mass is 32.2. The van der Waals surface area contributed by atoms with Crippen molar-refractivity contribution >= 4 is 23.6 Å². The van der Waals surface area contributed by atoms with Crippen LogP contribution < -0.4 is 0 Å². The summed E-state index contributed by atoms with van der Waals surface area (Å²) in [5, 5.41) is 8.44. The molecule has 0 radical (unpaired) electrons. The molecule has 0 aliphatic heterocycles. The van der Waals surface area contributed by atoms with Crippen LogP contribution in [-0.2, 0) is 9.59 Å². The molecule has 0 spiro atoms. The molecule has 1 unspecified atom stereocenters. The highest BCUT2D eigenvalue weighted by Gasteiger charge is 2.16. The number of hydrogen-bond donors (Lipinski definition) is 1. The topological polar surface area (TPSA) is 57.6 Å². The van der Waals surface area contributed by atoms with Crippen molar-refractivity contribution in [3.63, 3.8) is 0 Å². The molecule has 0 aliphatic rings. The van der Waals surface area contributed by atoms with Gasteiger partial charge in [0.1, 0.15) is 0 Å². The Morgan fingerprint density at radius 3 is 2.50 bits per heavy atom. The third-order valence-corrected chi connectivity index (χ3v) is 2.71. The van der Waals surface area contributed by atoms with Crippen LogP contribution >= 0.6 is 11.8 Å². The molecule has 0 heterocycles. The average molecular weight is 219 g/mol. The van der Waals surface area contributed by atoms with Gasteiger partial charge in [0, 0.05) is 25.3 Å². The Bertz CT molecular complexity index is 208. The third kappa shape index (κ3) is 5.11. The Morgan fingerprint density at radius 2 is 2.07 bits per heavy atom. The van der Waals surface area contributed by atoms with Gasteiger partial charge in [-0.05, 0) is 6.26 Å². The van der Waals surface area contributed by atoms with Crippen molar-refractivity contribution in [1.82, 2.24) is 4.90 Å². The maximum atomic E-state index is 11.6. The van der Waals surface area contributed by atoms with Gasteiger partial charge in [-0.15, -0.1) is 0 Å².